The molecule has 6 nitrogen and oxygen atoms in total. The van der Waals surface area contributed by atoms with Gasteiger partial charge in [0.2, 0.25) is 5.91 Å². The highest BCUT2D eigenvalue weighted by Crippen LogP contribution is 2.23. The maximum atomic E-state index is 11.3. The minimum atomic E-state index is -0.986. The lowest BCUT2D eigenvalue weighted by atomic mass is 9.88. The third-order valence-corrected chi connectivity index (χ3v) is 3.54. The largest absolute Gasteiger partial charge is 0.478 e. The number of hydrogen-bond acceptors (Lipinski definition) is 4. The Balaban J connectivity index is 2.96. The van der Waals surface area contributed by atoms with E-state index in [4.69, 9.17) is 15.6 Å². The molecule has 3 atom stereocenters. The summed E-state index contributed by atoms with van der Waals surface area (Å²) in [5.74, 6) is -1.18. The number of hydrogen-bond donors (Lipinski definition) is 3. The smallest absolute Gasteiger partial charge is 0.331 e. The second-order valence-corrected chi connectivity index (χ2v) is 5.13. The highest BCUT2D eigenvalue weighted by Gasteiger charge is 2.35. The molecule has 0 saturated carbocycles. The first-order valence-corrected chi connectivity index (χ1v) is 7.01. The fraction of sp³-hybridized carbons (Fsp3) is 0.714. The maximum Gasteiger partial charge on any atom is 0.331 e. The molecule has 0 bridgehead atoms. The zero-order valence-corrected chi connectivity index (χ0v) is 12.3. The van der Waals surface area contributed by atoms with Gasteiger partial charge in [-0.1, -0.05) is 13.8 Å². The van der Waals surface area contributed by atoms with E-state index in [2.05, 4.69) is 5.32 Å². The van der Waals surface area contributed by atoms with Crippen molar-refractivity contribution in [3.05, 3.63) is 11.6 Å². The number of rotatable bonds is 6. The summed E-state index contributed by atoms with van der Waals surface area (Å²) >= 11 is 0. The highest BCUT2D eigenvalue weighted by molar-refractivity contribution is 5.87. The molecule has 0 aromatic carbocycles. The first-order valence-electron chi connectivity index (χ1n) is 7.01. The second kappa shape index (κ2) is 7.40. The number of carbonyl (C=O) groups excluding carboxylic acids is 1. The van der Waals surface area contributed by atoms with Crippen molar-refractivity contribution in [2.75, 3.05) is 0 Å². The van der Waals surface area contributed by atoms with Crippen molar-refractivity contribution < 1.29 is 19.4 Å². The second-order valence-electron chi connectivity index (χ2n) is 5.13. The molecule has 114 valence electrons. The van der Waals surface area contributed by atoms with E-state index in [0.29, 0.717) is 0 Å². The van der Waals surface area contributed by atoms with Gasteiger partial charge in [0, 0.05) is 18.5 Å². The molecule has 0 aromatic rings. The Labute approximate surface area is 119 Å². The predicted molar refractivity (Wildman–Crippen MR) is 75.2 cm³/mol. The molecule has 0 spiro atoms. The lowest BCUT2D eigenvalue weighted by molar-refractivity contribution is -0.133. The van der Waals surface area contributed by atoms with Crippen molar-refractivity contribution in [1.29, 1.82) is 0 Å². The molecule has 20 heavy (non-hydrogen) atoms. The molecular weight excluding hydrogens is 260 g/mol. The number of carbonyl (C=O) groups is 2. The molecule has 0 saturated heterocycles. The number of amides is 1. The molecule has 1 amide bonds. The van der Waals surface area contributed by atoms with Crippen LogP contribution in [-0.2, 0) is 14.3 Å². The van der Waals surface area contributed by atoms with Crippen LogP contribution < -0.4 is 11.1 Å². The van der Waals surface area contributed by atoms with Crippen LogP contribution in [0.3, 0.4) is 0 Å². The van der Waals surface area contributed by atoms with Crippen molar-refractivity contribution in [3.63, 3.8) is 0 Å². The molecule has 0 aliphatic heterocycles. The van der Waals surface area contributed by atoms with E-state index in [0.717, 1.165) is 12.8 Å². The molecule has 0 radical (unpaired) electrons. The summed E-state index contributed by atoms with van der Waals surface area (Å²) < 4.78 is 5.92. The lowest BCUT2D eigenvalue weighted by Crippen LogP contribution is -2.57. The minimum absolute atomic E-state index is 0.0212. The van der Waals surface area contributed by atoms with Crippen LogP contribution in [0.5, 0.6) is 0 Å². The van der Waals surface area contributed by atoms with E-state index in [-0.39, 0.29) is 24.0 Å². The topological polar surface area (TPSA) is 102 Å². The van der Waals surface area contributed by atoms with E-state index >= 15 is 0 Å². The van der Waals surface area contributed by atoms with E-state index in [9.17, 15) is 9.59 Å². The molecule has 6 heteroatoms. The molecule has 1 aliphatic rings. The summed E-state index contributed by atoms with van der Waals surface area (Å²) in [6.45, 7) is 5.43. The fourth-order valence-corrected chi connectivity index (χ4v) is 2.40. The molecule has 0 heterocycles. The van der Waals surface area contributed by atoms with E-state index in [1.165, 1.54) is 6.92 Å². The van der Waals surface area contributed by atoms with E-state index < -0.39 is 24.2 Å². The van der Waals surface area contributed by atoms with Crippen LogP contribution in [0.1, 0.15) is 40.0 Å². The van der Waals surface area contributed by atoms with Gasteiger partial charge in [0.05, 0.1) is 18.2 Å². The quantitative estimate of drug-likeness (QED) is 0.670. The van der Waals surface area contributed by atoms with Crippen LogP contribution in [0.4, 0.5) is 0 Å². The maximum absolute atomic E-state index is 11.3. The first-order chi connectivity index (χ1) is 9.38. The molecule has 0 aromatic heterocycles. The minimum Gasteiger partial charge on any atom is -0.478 e. The fourth-order valence-electron chi connectivity index (χ4n) is 2.40. The van der Waals surface area contributed by atoms with Crippen LogP contribution in [0, 0.1) is 0 Å². The van der Waals surface area contributed by atoms with Gasteiger partial charge < -0.3 is 20.9 Å². The average molecular weight is 284 g/mol. The number of ether oxygens (including phenoxy) is 1. The van der Waals surface area contributed by atoms with Gasteiger partial charge in [-0.2, -0.15) is 0 Å². The van der Waals surface area contributed by atoms with Crippen LogP contribution in [0.25, 0.3) is 0 Å². The molecule has 4 N–H and O–H groups in total. The van der Waals surface area contributed by atoms with Crippen molar-refractivity contribution in [1.82, 2.24) is 5.32 Å². The molecule has 1 aliphatic carbocycles. The zero-order chi connectivity index (χ0) is 15.3. The standard InChI is InChI=1S/C14H24N2O4/c1-4-10(5-2)20-12-7-9(14(18)19)6-11(15)13(12)16-8(3)17/h7,10-13H,4-6,15H2,1-3H3,(H,16,17)(H,18,19)/t11-,12+,13?/m0/s1. The third-order valence-electron chi connectivity index (χ3n) is 3.54. The first kappa shape index (κ1) is 16.7. The summed E-state index contributed by atoms with van der Waals surface area (Å²) in [5, 5.41) is 11.9. The van der Waals surface area contributed by atoms with E-state index in [1.807, 2.05) is 13.8 Å². The molecule has 1 rings (SSSR count). The number of nitrogens with two attached hydrogens (primary N) is 1. The van der Waals surface area contributed by atoms with Crippen LogP contribution in [0.15, 0.2) is 11.6 Å². The Kier molecular flexibility index (Phi) is 6.16. The Hall–Kier alpha value is -1.40. The monoisotopic (exact) mass is 284 g/mol. The number of nitrogens with one attached hydrogen (secondary N) is 1. The Morgan fingerprint density at radius 2 is 2.10 bits per heavy atom. The van der Waals surface area contributed by atoms with Gasteiger partial charge in [-0.3, -0.25) is 4.79 Å². The molecular formula is C14H24N2O4. The van der Waals surface area contributed by atoms with Crippen LogP contribution in [0.2, 0.25) is 0 Å². The normalized spacial score (nSPS) is 26.2. The highest BCUT2D eigenvalue weighted by atomic mass is 16.5. The average Bonchev–Trinajstić information content (AvgIpc) is 2.38. The Morgan fingerprint density at radius 1 is 1.50 bits per heavy atom. The summed E-state index contributed by atoms with van der Waals surface area (Å²) in [6.07, 6.45) is 2.97. The van der Waals surface area contributed by atoms with Gasteiger partial charge >= 0.3 is 5.97 Å². The number of aliphatic carboxylic acids is 1. The SMILES string of the molecule is CCC(CC)O[C@@H]1C=C(C(=O)O)C[C@H](N)C1NC(C)=O. The van der Waals surface area contributed by atoms with Gasteiger partial charge in [0.25, 0.3) is 0 Å². The number of carboxylic acids is 1. The van der Waals surface area contributed by atoms with Gasteiger partial charge in [0.1, 0.15) is 0 Å². The predicted octanol–water partition coefficient (Wildman–Crippen LogP) is 0.807. The summed E-state index contributed by atoms with van der Waals surface area (Å²) in [7, 11) is 0. The van der Waals surface area contributed by atoms with Gasteiger partial charge in [-0.05, 0) is 25.3 Å². The summed E-state index contributed by atoms with van der Waals surface area (Å²) in [5.41, 5.74) is 6.25. The summed E-state index contributed by atoms with van der Waals surface area (Å²) in [4.78, 5) is 22.4. The number of carboxylic acid groups (broad SMARTS) is 1. The zero-order valence-electron chi connectivity index (χ0n) is 12.3. The van der Waals surface area contributed by atoms with Gasteiger partial charge in [-0.25, -0.2) is 4.79 Å². The van der Waals surface area contributed by atoms with Crippen molar-refractivity contribution in [2.45, 2.75) is 64.3 Å². The lowest BCUT2D eigenvalue weighted by Gasteiger charge is -2.36. The molecule has 1 unspecified atom stereocenters. The van der Waals surface area contributed by atoms with Crippen molar-refractivity contribution in [3.8, 4) is 0 Å². The van der Waals surface area contributed by atoms with Crippen LogP contribution in [-0.4, -0.2) is 41.3 Å². The summed E-state index contributed by atoms with van der Waals surface area (Å²) in [6, 6.07) is -0.856. The van der Waals surface area contributed by atoms with Crippen LogP contribution >= 0.6 is 0 Å². The Bertz CT molecular complexity index is 391. The van der Waals surface area contributed by atoms with Crippen molar-refractivity contribution >= 4 is 11.9 Å². The molecule has 0 fully saturated rings. The van der Waals surface area contributed by atoms with Gasteiger partial charge in [-0.15, -0.1) is 0 Å². The van der Waals surface area contributed by atoms with Crippen molar-refractivity contribution in [2.24, 2.45) is 5.73 Å². The van der Waals surface area contributed by atoms with E-state index in [1.54, 1.807) is 6.08 Å². The van der Waals surface area contributed by atoms with Gasteiger partial charge in [0.15, 0.2) is 0 Å². The Morgan fingerprint density at radius 3 is 2.55 bits per heavy atom. The third kappa shape index (κ3) is 4.31.